The van der Waals surface area contributed by atoms with Gasteiger partial charge in [0.05, 0.1) is 0 Å². The molecule has 0 radical (unpaired) electrons. The van der Waals surface area contributed by atoms with Crippen molar-refractivity contribution in [3.8, 4) is 11.5 Å². The molecule has 0 aliphatic heterocycles. The van der Waals surface area contributed by atoms with Crippen LogP contribution >= 0.6 is 11.8 Å². The first kappa shape index (κ1) is 23.7. The molecule has 0 bridgehead atoms. The normalized spacial score (nSPS) is 11.3. The lowest BCUT2D eigenvalue weighted by molar-refractivity contribution is 0.100. The molecular formula is C20H26N4O4S2. The fourth-order valence-electron chi connectivity index (χ4n) is 2.41. The van der Waals surface area contributed by atoms with Crippen molar-refractivity contribution in [3.63, 3.8) is 0 Å². The zero-order chi connectivity index (χ0) is 22.3. The van der Waals surface area contributed by atoms with Gasteiger partial charge in [0.1, 0.15) is 16.4 Å². The first-order chi connectivity index (χ1) is 14.1. The van der Waals surface area contributed by atoms with E-state index in [1.54, 1.807) is 12.1 Å². The third-order valence-electron chi connectivity index (χ3n) is 3.92. The smallest absolute Gasteiger partial charge is 0.280 e. The van der Waals surface area contributed by atoms with E-state index in [1.807, 2.05) is 38.0 Å². The van der Waals surface area contributed by atoms with Crippen molar-refractivity contribution in [3.05, 3.63) is 53.6 Å². The van der Waals surface area contributed by atoms with Crippen LogP contribution in [0.5, 0.6) is 11.5 Å². The SMILES string of the molecule is CN(C)CCSCc1ccc(Oc2ccc(C(=O)N=C(N)N)cc2S(C)(=O)=O)cc1. The molecular weight excluding hydrogens is 424 g/mol. The summed E-state index contributed by atoms with van der Waals surface area (Å²) in [5.41, 5.74) is 11.6. The van der Waals surface area contributed by atoms with Gasteiger partial charge in [-0.3, -0.25) is 4.79 Å². The standard InChI is InChI=1S/C20H26N4O4S2/c1-24(2)10-11-29-13-14-4-7-16(8-5-14)28-17-9-6-15(19(25)23-20(21)22)12-18(17)30(3,26)27/h4-9,12H,10-11,13H2,1-3H3,(H4,21,22,23,25). The number of guanidine groups is 1. The van der Waals surface area contributed by atoms with Crippen LogP contribution in [0, 0.1) is 0 Å². The Hall–Kier alpha value is -2.56. The van der Waals surface area contributed by atoms with Crippen molar-refractivity contribution < 1.29 is 17.9 Å². The molecule has 0 aromatic heterocycles. The van der Waals surface area contributed by atoms with Gasteiger partial charge in [0, 0.05) is 29.9 Å². The number of amides is 1. The first-order valence-corrected chi connectivity index (χ1v) is 12.1. The highest BCUT2D eigenvalue weighted by Gasteiger charge is 2.18. The summed E-state index contributed by atoms with van der Waals surface area (Å²) in [5.74, 6) is 1.39. The van der Waals surface area contributed by atoms with Gasteiger partial charge in [0.2, 0.25) is 0 Å². The quantitative estimate of drug-likeness (QED) is 0.338. The predicted octanol–water partition coefficient (Wildman–Crippen LogP) is 2.09. The number of sulfone groups is 1. The molecule has 0 aliphatic carbocycles. The maximum atomic E-state index is 12.2. The molecule has 8 nitrogen and oxygen atoms in total. The Morgan fingerprint density at radius 3 is 2.37 bits per heavy atom. The summed E-state index contributed by atoms with van der Waals surface area (Å²) >= 11 is 1.84. The minimum absolute atomic E-state index is 0.0428. The van der Waals surface area contributed by atoms with Crippen molar-refractivity contribution >= 4 is 33.5 Å². The maximum Gasteiger partial charge on any atom is 0.280 e. The molecule has 0 saturated carbocycles. The molecule has 2 rings (SSSR count). The monoisotopic (exact) mass is 450 g/mol. The molecule has 30 heavy (non-hydrogen) atoms. The van der Waals surface area contributed by atoms with Gasteiger partial charge in [-0.1, -0.05) is 12.1 Å². The molecule has 0 unspecified atom stereocenters. The first-order valence-electron chi connectivity index (χ1n) is 9.03. The van der Waals surface area contributed by atoms with Crippen LogP contribution in [0.4, 0.5) is 0 Å². The molecule has 0 fully saturated rings. The Morgan fingerprint density at radius 2 is 1.80 bits per heavy atom. The van der Waals surface area contributed by atoms with Gasteiger partial charge in [-0.25, -0.2) is 8.42 Å². The second-order valence-electron chi connectivity index (χ2n) is 6.88. The van der Waals surface area contributed by atoms with Gasteiger partial charge in [-0.05, 0) is 50.0 Å². The molecule has 0 atom stereocenters. The topological polar surface area (TPSA) is 128 Å². The Morgan fingerprint density at radius 1 is 1.13 bits per heavy atom. The van der Waals surface area contributed by atoms with Crippen LogP contribution in [0.3, 0.4) is 0 Å². The van der Waals surface area contributed by atoms with E-state index in [0.717, 1.165) is 29.9 Å². The maximum absolute atomic E-state index is 12.2. The second kappa shape index (κ2) is 10.5. The number of ether oxygens (including phenoxy) is 1. The van der Waals surface area contributed by atoms with Gasteiger partial charge >= 0.3 is 0 Å². The Kier molecular flexibility index (Phi) is 8.27. The Bertz CT molecular complexity index is 1020. The molecule has 0 aliphatic rings. The molecule has 2 aromatic rings. The van der Waals surface area contributed by atoms with Crippen LogP contribution in [-0.2, 0) is 15.6 Å². The van der Waals surface area contributed by atoms with Crippen molar-refractivity contribution in [2.45, 2.75) is 10.6 Å². The lowest BCUT2D eigenvalue weighted by Crippen LogP contribution is -2.24. The number of rotatable bonds is 9. The number of carbonyl (C=O) groups excluding carboxylic acids is 1. The molecule has 0 saturated heterocycles. The number of aliphatic imine (C=N–C) groups is 1. The minimum Gasteiger partial charge on any atom is -0.456 e. The number of hydrogen-bond donors (Lipinski definition) is 2. The van der Waals surface area contributed by atoms with Gasteiger partial charge in [-0.2, -0.15) is 16.8 Å². The summed E-state index contributed by atoms with van der Waals surface area (Å²) in [6, 6.07) is 11.5. The average Bonchev–Trinajstić information content (AvgIpc) is 2.65. The number of carbonyl (C=O) groups is 1. The van der Waals surface area contributed by atoms with Gasteiger partial charge in [-0.15, -0.1) is 0 Å². The van der Waals surface area contributed by atoms with Gasteiger partial charge in [0.15, 0.2) is 15.8 Å². The molecule has 2 aromatic carbocycles. The summed E-state index contributed by atoms with van der Waals surface area (Å²) in [6.07, 6.45) is 1.04. The zero-order valence-electron chi connectivity index (χ0n) is 17.2. The third kappa shape index (κ3) is 7.36. The number of thioether (sulfide) groups is 1. The van der Waals surface area contributed by atoms with Gasteiger partial charge in [0.25, 0.3) is 5.91 Å². The Balaban J connectivity index is 2.17. The molecule has 4 N–H and O–H groups in total. The average molecular weight is 451 g/mol. The minimum atomic E-state index is -3.66. The molecule has 10 heteroatoms. The summed E-state index contributed by atoms with van der Waals surface area (Å²) in [4.78, 5) is 17.4. The van der Waals surface area contributed by atoms with Crippen molar-refractivity contribution in [2.24, 2.45) is 16.5 Å². The summed E-state index contributed by atoms with van der Waals surface area (Å²) in [5, 5.41) is 0. The molecule has 0 heterocycles. The second-order valence-corrected chi connectivity index (χ2v) is 9.97. The number of hydrogen-bond acceptors (Lipinski definition) is 6. The largest absolute Gasteiger partial charge is 0.456 e. The number of benzene rings is 2. The lowest BCUT2D eigenvalue weighted by Gasteiger charge is -2.12. The fraction of sp³-hybridized carbons (Fsp3) is 0.300. The van der Waals surface area contributed by atoms with E-state index in [1.165, 1.54) is 18.2 Å². The predicted molar refractivity (Wildman–Crippen MR) is 121 cm³/mol. The van der Waals surface area contributed by atoms with Crippen molar-refractivity contribution in [2.75, 3.05) is 32.6 Å². The molecule has 0 spiro atoms. The van der Waals surface area contributed by atoms with Gasteiger partial charge < -0.3 is 21.1 Å². The van der Waals surface area contributed by atoms with E-state index >= 15 is 0 Å². The van der Waals surface area contributed by atoms with E-state index in [0.29, 0.717) is 5.75 Å². The van der Waals surface area contributed by atoms with Crippen molar-refractivity contribution in [1.29, 1.82) is 0 Å². The summed E-state index contributed by atoms with van der Waals surface area (Å²) < 4.78 is 30.2. The highest BCUT2D eigenvalue weighted by Crippen LogP contribution is 2.30. The Labute approximate surface area is 181 Å². The van der Waals surface area contributed by atoms with E-state index in [4.69, 9.17) is 16.2 Å². The van der Waals surface area contributed by atoms with Crippen LogP contribution in [0.25, 0.3) is 0 Å². The highest BCUT2D eigenvalue weighted by molar-refractivity contribution is 7.98. The van der Waals surface area contributed by atoms with Crippen LogP contribution in [0.1, 0.15) is 15.9 Å². The van der Waals surface area contributed by atoms with E-state index in [9.17, 15) is 13.2 Å². The van der Waals surface area contributed by atoms with E-state index in [-0.39, 0.29) is 16.2 Å². The van der Waals surface area contributed by atoms with Crippen LogP contribution < -0.4 is 16.2 Å². The van der Waals surface area contributed by atoms with E-state index < -0.39 is 21.7 Å². The van der Waals surface area contributed by atoms with Crippen LogP contribution in [0.2, 0.25) is 0 Å². The highest BCUT2D eigenvalue weighted by atomic mass is 32.2. The molecule has 1 amide bonds. The van der Waals surface area contributed by atoms with Crippen LogP contribution in [-0.4, -0.2) is 57.8 Å². The zero-order valence-corrected chi connectivity index (χ0v) is 18.8. The fourth-order valence-corrected chi connectivity index (χ4v) is 4.30. The third-order valence-corrected chi connectivity index (χ3v) is 6.05. The van der Waals surface area contributed by atoms with Crippen molar-refractivity contribution in [1.82, 2.24) is 4.90 Å². The number of nitrogens with zero attached hydrogens (tertiary/aromatic N) is 2. The van der Waals surface area contributed by atoms with E-state index in [2.05, 4.69) is 9.89 Å². The summed E-state index contributed by atoms with van der Waals surface area (Å²) in [7, 11) is 0.421. The lowest BCUT2D eigenvalue weighted by atomic mass is 10.2. The molecule has 162 valence electrons. The summed E-state index contributed by atoms with van der Waals surface area (Å²) in [6.45, 7) is 1.02. The number of nitrogens with two attached hydrogens (primary N) is 2. The van der Waals surface area contributed by atoms with Crippen LogP contribution in [0.15, 0.2) is 52.4 Å².